The van der Waals surface area contributed by atoms with Crippen molar-refractivity contribution in [3.05, 3.63) is 48.0 Å². The number of benzene rings is 1. The summed E-state index contributed by atoms with van der Waals surface area (Å²) in [5.41, 5.74) is 1.42. The molecule has 1 aromatic carbocycles. The number of nitrogens with zero attached hydrogens (tertiary/aromatic N) is 5. The molecule has 3 heterocycles. The molecule has 0 bridgehead atoms. The molecule has 1 fully saturated rings. The van der Waals surface area contributed by atoms with E-state index in [0.29, 0.717) is 30.3 Å². The van der Waals surface area contributed by atoms with Gasteiger partial charge in [0.05, 0.1) is 25.4 Å². The standard InChI is InChI=1S/C20H23N5O4S/c1-29-16-7-3-5-14(9-16)10-18(26)24-8-4-6-15(12-24)19-17(30(2,27)28)11-21-20-22-13-23-25(19)20/h3,5,7,9,11,13,15H,4,6,8,10,12H2,1-2H3. The summed E-state index contributed by atoms with van der Waals surface area (Å²) in [5, 5.41) is 4.19. The van der Waals surface area contributed by atoms with Crippen LogP contribution in [0.2, 0.25) is 0 Å². The van der Waals surface area contributed by atoms with Gasteiger partial charge in [0.2, 0.25) is 5.91 Å². The zero-order valence-electron chi connectivity index (χ0n) is 16.9. The molecule has 0 saturated carbocycles. The number of carbonyl (C=O) groups is 1. The summed E-state index contributed by atoms with van der Waals surface area (Å²) < 4.78 is 31.5. The summed E-state index contributed by atoms with van der Waals surface area (Å²) in [6.07, 6.45) is 5.64. The number of fused-ring (bicyclic) bond motifs is 1. The number of piperidine rings is 1. The first kappa shape index (κ1) is 20.3. The second kappa shape index (κ2) is 8.02. The third kappa shape index (κ3) is 4.00. The Hall–Kier alpha value is -3.01. The highest BCUT2D eigenvalue weighted by atomic mass is 32.2. The summed E-state index contributed by atoms with van der Waals surface area (Å²) in [6.45, 7) is 1.06. The maximum Gasteiger partial charge on any atom is 0.252 e. The Bertz CT molecular complexity index is 1190. The minimum Gasteiger partial charge on any atom is -0.497 e. The molecule has 1 aliphatic rings. The minimum atomic E-state index is -3.51. The Kier molecular flexibility index (Phi) is 5.42. The minimum absolute atomic E-state index is 0.00208. The average molecular weight is 430 g/mol. The zero-order chi connectivity index (χ0) is 21.3. The lowest BCUT2D eigenvalue weighted by Gasteiger charge is -2.33. The highest BCUT2D eigenvalue weighted by Gasteiger charge is 2.31. The van der Waals surface area contributed by atoms with Crippen molar-refractivity contribution in [3.8, 4) is 5.75 Å². The van der Waals surface area contributed by atoms with Crippen molar-refractivity contribution < 1.29 is 17.9 Å². The van der Waals surface area contributed by atoms with Crippen LogP contribution in [0.4, 0.5) is 0 Å². The van der Waals surface area contributed by atoms with Crippen molar-refractivity contribution in [2.45, 2.75) is 30.1 Å². The molecule has 158 valence electrons. The van der Waals surface area contributed by atoms with Crippen molar-refractivity contribution in [1.29, 1.82) is 0 Å². The number of methoxy groups -OCH3 is 1. The van der Waals surface area contributed by atoms with Crippen LogP contribution in [0.25, 0.3) is 5.78 Å². The molecule has 1 unspecified atom stereocenters. The van der Waals surface area contributed by atoms with Crippen LogP contribution in [0.1, 0.15) is 30.0 Å². The summed E-state index contributed by atoms with van der Waals surface area (Å²) in [4.78, 5) is 23.1. The number of carbonyl (C=O) groups excluding carboxylic acids is 1. The van der Waals surface area contributed by atoms with Crippen LogP contribution < -0.4 is 4.74 Å². The van der Waals surface area contributed by atoms with E-state index in [1.165, 1.54) is 17.0 Å². The fraction of sp³-hybridized carbons (Fsp3) is 0.400. The van der Waals surface area contributed by atoms with Gasteiger partial charge in [0.1, 0.15) is 17.0 Å². The molecule has 10 heteroatoms. The largest absolute Gasteiger partial charge is 0.497 e. The number of hydrogen-bond acceptors (Lipinski definition) is 7. The van der Waals surface area contributed by atoms with Gasteiger partial charge < -0.3 is 9.64 Å². The fourth-order valence-electron chi connectivity index (χ4n) is 3.94. The van der Waals surface area contributed by atoms with Crippen molar-refractivity contribution in [2.75, 3.05) is 26.5 Å². The van der Waals surface area contributed by atoms with E-state index in [9.17, 15) is 13.2 Å². The first-order chi connectivity index (χ1) is 14.4. The summed E-state index contributed by atoms with van der Waals surface area (Å²) in [5.74, 6) is 0.875. The monoisotopic (exact) mass is 429 g/mol. The van der Waals surface area contributed by atoms with Gasteiger partial charge in [-0.25, -0.2) is 13.4 Å². The van der Waals surface area contributed by atoms with Gasteiger partial charge in [-0.05, 0) is 30.5 Å². The van der Waals surface area contributed by atoms with Crippen LogP contribution in [0.5, 0.6) is 5.75 Å². The molecule has 0 N–H and O–H groups in total. The van der Waals surface area contributed by atoms with Crippen LogP contribution in [-0.4, -0.2) is 65.3 Å². The molecule has 3 aromatic rings. The maximum atomic E-state index is 13.0. The van der Waals surface area contributed by atoms with Crippen molar-refractivity contribution in [1.82, 2.24) is 24.5 Å². The number of hydrogen-bond donors (Lipinski definition) is 0. The smallest absolute Gasteiger partial charge is 0.252 e. The second-order valence-electron chi connectivity index (χ2n) is 7.46. The van der Waals surface area contributed by atoms with Gasteiger partial charge >= 0.3 is 0 Å². The second-order valence-corrected chi connectivity index (χ2v) is 9.44. The Labute approximate surface area is 174 Å². The molecule has 1 aliphatic heterocycles. The molecule has 2 aromatic heterocycles. The SMILES string of the molecule is COc1cccc(CC(=O)N2CCCC(c3c(S(C)(=O)=O)cnc4ncnn34)C2)c1. The summed E-state index contributed by atoms with van der Waals surface area (Å²) >= 11 is 0. The molecule has 1 amide bonds. The third-order valence-electron chi connectivity index (χ3n) is 5.36. The Balaban J connectivity index is 1.61. The van der Waals surface area contributed by atoms with Gasteiger partial charge in [-0.3, -0.25) is 4.79 Å². The molecule has 4 rings (SSSR count). The van der Waals surface area contributed by atoms with Gasteiger partial charge in [-0.1, -0.05) is 12.1 Å². The van der Waals surface area contributed by atoms with E-state index in [1.807, 2.05) is 24.3 Å². The molecular weight excluding hydrogens is 406 g/mol. The van der Waals surface area contributed by atoms with E-state index in [-0.39, 0.29) is 23.1 Å². The summed E-state index contributed by atoms with van der Waals surface area (Å²) in [7, 11) is -1.92. The van der Waals surface area contributed by atoms with Crippen LogP contribution in [0, 0.1) is 0 Å². The van der Waals surface area contributed by atoms with E-state index in [1.54, 1.807) is 12.0 Å². The molecular formula is C20H23N5O4S. The van der Waals surface area contributed by atoms with E-state index in [2.05, 4.69) is 15.1 Å². The van der Waals surface area contributed by atoms with E-state index in [4.69, 9.17) is 4.74 Å². The number of sulfone groups is 1. The predicted molar refractivity (Wildman–Crippen MR) is 109 cm³/mol. The lowest BCUT2D eigenvalue weighted by atomic mass is 9.94. The van der Waals surface area contributed by atoms with E-state index in [0.717, 1.165) is 24.7 Å². The number of likely N-dealkylation sites (tertiary alicyclic amines) is 1. The van der Waals surface area contributed by atoms with Crippen LogP contribution in [-0.2, 0) is 21.1 Å². The van der Waals surface area contributed by atoms with Gasteiger partial charge in [-0.15, -0.1) is 0 Å². The quantitative estimate of drug-likeness (QED) is 0.605. The van der Waals surface area contributed by atoms with Crippen LogP contribution in [0.3, 0.4) is 0 Å². The lowest BCUT2D eigenvalue weighted by molar-refractivity contribution is -0.131. The topological polar surface area (TPSA) is 107 Å². The molecule has 1 saturated heterocycles. The number of ether oxygens (including phenoxy) is 1. The molecule has 9 nitrogen and oxygen atoms in total. The van der Waals surface area contributed by atoms with Crippen molar-refractivity contribution in [3.63, 3.8) is 0 Å². The van der Waals surface area contributed by atoms with Gasteiger partial charge in [-0.2, -0.15) is 14.6 Å². The highest BCUT2D eigenvalue weighted by molar-refractivity contribution is 7.90. The van der Waals surface area contributed by atoms with E-state index >= 15 is 0 Å². The predicted octanol–water partition coefficient (Wildman–Crippen LogP) is 1.49. The molecule has 30 heavy (non-hydrogen) atoms. The van der Waals surface area contributed by atoms with Crippen LogP contribution >= 0.6 is 0 Å². The number of amides is 1. The maximum absolute atomic E-state index is 13.0. The van der Waals surface area contributed by atoms with Crippen molar-refractivity contribution >= 4 is 21.5 Å². The molecule has 0 spiro atoms. The Morgan fingerprint density at radius 3 is 2.90 bits per heavy atom. The molecule has 0 radical (unpaired) electrons. The molecule has 1 atom stereocenters. The van der Waals surface area contributed by atoms with E-state index < -0.39 is 9.84 Å². The molecule has 0 aliphatic carbocycles. The average Bonchev–Trinajstić information content (AvgIpc) is 3.21. The fourth-order valence-corrected chi connectivity index (χ4v) is 4.81. The normalized spacial score (nSPS) is 17.3. The van der Waals surface area contributed by atoms with Crippen LogP contribution in [0.15, 0.2) is 41.7 Å². The third-order valence-corrected chi connectivity index (χ3v) is 6.47. The Morgan fingerprint density at radius 2 is 2.13 bits per heavy atom. The first-order valence-corrected chi connectivity index (χ1v) is 11.6. The van der Waals surface area contributed by atoms with Crippen molar-refractivity contribution in [2.24, 2.45) is 0 Å². The highest BCUT2D eigenvalue weighted by Crippen LogP contribution is 2.31. The van der Waals surface area contributed by atoms with Gasteiger partial charge in [0, 0.05) is 25.3 Å². The Morgan fingerprint density at radius 1 is 1.30 bits per heavy atom. The van der Waals surface area contributed by atoms with Gasteiger partial charge in [0.25, 0.3) is 5.78 Å². The zero-order valence-corrected chi connectivity index (χ0v) is 17.7. The number of rotatable bonds is 5. The lowest BCUT2D eigenvalue weighted by Crippen LogP contribution is -2.40. The first-order valence-electron chi connectivity index (χ1n) is 9.66. The summed E-state index contributed by atoms with van der Waals surface area (Å²) in [6, 6.07) is 7.44. The number of aromatic nitrogens is 4. The van der Waals surface area contributed by atoms with Gasteiger partial charge in [0.15, 0.2) is 9.84 Å².